The average Bonchev–Trinajstić information content (AvgIpc) is 2.64. The van der Waals surface area contributed by atoms with Crippen molar-refractivity contribution in [2.24, 2.45) is 11.8 Å². The fraction of sp³-hybridized carbons (Fsp3) is 0.409. The molecule has 150 valence electrons. The van der Waals surface area contributed by atoms with Crippen LogP contribution < -0.4 is 4.74 Å². The van der Waals surface area contributed by atoms with Crippen molar-refractivity contribution in [3.8, 4) is 5.75 Å². The monoisotopic (exact) mass is 401 g/mol. The Bertz CT molecular complexity index is 957. The summed E-state index contributed by atoms with van der Waals surface area (Å²) in [6.07, 6.45) is 1.04. The van der Waals surface area contributed by atoms with E-state index in [1.54, 1.807) is 10.4 Å². The molecule has 2 aromatic carbocycles. The molecular formula is C22H27NO4S. The van der Waals surface area contributed by atoms with Crippen LogP contribution in [0, 0.1) is 25.7 Å². The van der Waals surface area contributed by atoms with E-state index in [0.717, 1.165) is 17.5 Å². The molecule has 0 unspecified atom stereocenters. The van der Waals surface area contributed by atoms with Crippen molar-refractivity contribution in [3.05, 3.63) is 59.2 Å². The predicted octanol–water partition coefficient (Wildman–Crippen LogP) is 4.19. The van der Waals surface area contributed by atoms with Crippen molar-refractivity contribution < 1.29 is 17.9 Å². The van der Waals surface area contributed by atoms with Crippen molar-refractivity contribution in [1.82, 2.24) is 4.31 Å². The number of carbonyl (C=O) groups is 1. The van der Waals surface area contributed by atoms with Crippen LogP contribution >= 0.6 is 0 Å². The summed E-state index contributed by atoms with van der Waals surface area (Å²) in [6, 6.07) is 11.4. The Kier molecular flexibility index (Phi) is 5.91. The van der Waals surface area contributed by atoms with Crippen LogP contribution in [0.25, 0.3) is 0 Å². The molecule has 1 aliphatic rings. The third kappa shape index (κ3) is 4.45. The van der Waals surface area contributed by atoms with Gasteiger partial charge in [0.25, 0.3) is 0 Å². The van der Waals surface area contributed by atoms with Gasteiger partial charge in [-0.15, -0.1) is 0 Å². The highest BCUT2D eigenvalue weighted by Gasteiger charge is 2.31. The maximum absolute atomic E-state index is 12.9. The van der Waals surface area contributed by atoms with E-state index in [0.29, 0.717) is 36.2 Å². The normalized spacial score (nSPS) is 20.7. The van der Waals surface area contributed by atoms with E-state index in [2.05, 4.69) is 13.8 Å². The molecule has 1 saturated heterocycles. The molecule has 28 heavy (non-hydrogen) atoms. The zero-order valence-electron chi connectivity index (χ0n) is 16.8. The summed E-state index contributed by atoms with van der Waals surface area (Å²) in [7, 11) is -3.56. The Morgan fingerprint density at radius 1 is 0.964 bits per heavy atom. The smallest absolute Gasteiger partial charge is 0.343 e. The van der Waals surface area contributed by atoms with Gasteiger partial charge in [-0.3, -0.25) is 0 Å². The standard InChI is InChI=1S/C22H27NO4S/c1-15-11-16(2)14-23(13-15)28(25,26)21-9-6-19(7-10-21)22(24)27-20-8-5-17(3)18(4)12-20/h5-10,12,15-16H,11,13-14H2,1-4H3/t15-,16-/m0/s1. The van der Waals surface area contributed by atoms with Gasteiger partial charge in [-0.1, -0.05) is 19.9 Å². The lowest BCUT2D eigenvalue weighted by Crippen LogP contribution is -2.42. The fourth-order valence-electron chi connectivity index (χ4n) is 3.66. The molecule has 0 spiro atoms. The van der Waals surface area contributed by atoms with Crippen LogP contribution in [0.5, 0.6) is 5.75 Å². The van der Waals surface area contributed by atoms with Crippen LogP contribution in [0.4, 0.5) is 0 Å². The number of aryl methyl sites for hydroxylation is 2. The van der Waals surface area contributed by atoms with Crippen LogP contribution in [0.3, 0.4) is 0 Å². The van der Waals surface area contributed by atoms with Crippen molar-refractivity contribution in [1.29, 1.82) is 0 Å². The second kappa shape index (κ2) is 8.05. The van der Waals surface area contributed by atoms with Gasteiger partial charge in [0.2, 0.25) is 10.0 Å². The Morgan fingerprint density at radius 3 is 2.14 bits per heavy atom. The van der Waals surface area contributed by atoms with Gasteiger partial charge < -0.3 is 4.74 Å². The molecule has 3 rings (SSSR count). The van der Waals surface area contributed by atoms with Crippen molar-refractivity contribution >= 4 is 16.0 Å². The molecule has 1 aliphatic heterocycles. The van der Waals surface area contributed by atoms with E-state index < -0.39 is 16.0 Å². The summed E-state index contributed by atoms with van der Waals surface area (Å²) < 4.78 is 32.8. The Balaban J connectivity index is 1.75. The fourth-order valence-corrected chi connectivity index (χ4v) is 5.34. The minimum absolute atomic E-state index is 0.205. The highest BCUT2D eigenvalue weighted by molar-refractivity contribution is 7.89. The number of sulfonamides is 1. The van der Waals surface area contributed by atoms with Gasteiger partial charge in [-0.05, 0) is 79.6 Å². The van der Waals surface area contributed by atoms with Crippen molar-refractivity contribution in [2.75, 3.05) is 13.1 Å². The van der Waals surface area contributed by atoms with Gasteiger partial charge in [-0.25, -0.2) is 13.2 Å². The topological polar surface area (TPSA) is 63.7 Å². The summed E-state index contributed by atoms with van der Waals surface area (Å²) in [5.41, 5.74) is 2.48. The van der Waals surface area contributed by atoms with E-state index in [4.69, 9.17) is 4.74 Å². The van der Waals surface area contributed by atoms with Crippen LogP contribution in [-0.2, 0) is 10.0 Å². The molecule has 0 amide bonds. The van der Waals surface area contributed by atoms with Crippen LogP contribution in [-0.4, -0.2) is 31.8 Å². The molecule has 0 aromatic heterocycles. The summed E-state index contributed by atoms with van der Waals surface area (Å²) >= 11 is 0. The number of ether oxygens (including phenoxy) is 1. The molecular weight excluding hydrogens is 374 g/mol. The molecule has 0 aliphatic carbocycles. The van der Waals surface area contributed by atoms with Crippen molar-refractivity contribution in [3.63, 3.8) is 0 Å². The zero-order valence-corrected chi connectivity index (χ0v) is 17.6. The van der Waals surface area contributed by atoms with Gasteiger partial charge >= 0.3 is 5.97 Å². The highest BCUT2D eigenvalue weighted by Crippen LogP contribution is 2.27. The first-order valence-corrected chi connectivity index (χ1v) is 11.0. The number of rotatable bonds is 4. The predicted molar refractivity (Wildman–Crippen MR) is 109 cm³/mol. The average molecular weight is 402 g/mol. The molecule has 1 fully saturated rings. The number of hydrogen-bond acceptors (Lipinski definition) is 4. The third-order valence-corrected chi connectivity index (χ3v) is 7.10. The minimum Gasteiger partial charge on any atom is -0.423 e. The molecule has 6 heteroatoms. The molecule has 5 nitrogen and oxygen atoms in total. The van der Waals surface area contributed by atoms with E-state index in [1.807, 2.05) is 26.0 Å². The highest BCUT2D eigenvalue weighted by atomic mass is 32.2. The van der Waals surface area contributed by atoms with E-state index in [9.17, 15) is 13.2 Å². The maximum atomic E-state index is 12.9. The summed E-state index contributed by atoms with van der Waals surface area (Å²) in [4.78, 5) is 12.6. The third-order valence-electron chi connectivity index (χ3n) is 5.25. The number of esters is 1. The number of piperidine rings is 1. The molecule has 1 heterocycles. The first-order chi connectivity index (χ1) is 13.2. The summed E-state index contributed by atoms with van der Waals surface area (Å²) in [6.45, 7) is 9.15. The van der Waals surface area contributed by atoms with E-state index in [-0.39, 0.29) is 4.90 Å². The quantitative estimate of drug-likeness (QED) is 0.569. The number of hydrogen-bond donors (Lipinski definition) is 0. The van der Waals surface area contributed by atoms with Crippen LogP contribution in [0.15, 0.2) is 47.4 Å². The van der Waals surface area contributed by atoms with Gasteiger partial charge in [0.05, 0.1) is 10.5 Å². The molecule has 0 bridgehead atoms. The molecule has 0 N–H and O–H groups in total. The Morgan fingerprint density at radius 2 is 1.57 bits per heavy atom. The Hall–Kier alpha value is -2.18. The first-order valence-electron chi connectivity index (χ1n) is 9.56. The lowest BCUT2D eigenvalue weighted by molar-refractivity contribution is 0.0734. The lowest BCUT2D eigenvalue weighted by atomic mass is 9.94. The minimum atomic E-state index is -3.56. The number of nitrogens with zero attached hydrogens (tertiary/aromatic N) is 1. The number of carbonyl (C=O) groups excluding carboxylic acids is 1. The van der Waals surface area contributed by atoms with Gasteiger partial charge in [0, 0.05) is 13.1 Å². The van der Waals surface area contributed by atoms with Crippen molar-refractivity contribution in [2.45, 2.75) is 39.0 Å². The Labute approximate surface area is 167 Å². The van der Waals surface area contributed by atoms with E-state index >= 15 is 0 Å². The zero-order chi connectivity index (χ0) is 20.5. The van der Waals surface area contributed by atoms with Gasteiger partial charge in [0.1, 0.15) is 5.75 Å². The van der Waals surface area contributed by atoms with Gasteiger partial charge in [0.15, 0.2) is 0 Å². The molecule has 0 radical (unpaired) electrons. The second-order valence-corrected chi connectivity index (χ2v) is 9.87. The molecule has 2 atom stereocenters. The summed E-state index contributed by atoms with van der Waals surface area (Å²) in [5.74, 6) is 0.644. The maximum Gasteiger partial charge on any atom is 0.343 e. The number of benzene rings is 2. The van der Waals surface area contributed by atoms with E-state index in [1.165, 1.54) is 24.3 Å². The van der Waals surface area contributed by atoms with Gasteiger partial charge in [-0.2, -0.15) is 4.31 Å². The second-order valence-electron chi connectivity index (χ2n) is 7.93. The van der Waals surface area contributed by atoms with Crippen LogP contribution in [0.1, 0.15) is 41.8 Å². The first kappa shape index (κ1) is 20.6. The van der Waals surface area contributed by atoms with Crippen LogP contribution in [0.2, 0.25) is 0 Å². The molecule has 2 aromatic rings. The largest absolute Gasteiger partial charge is 0.423 e. The SMILES string of the molecule is Cc1ccc(OC(=O)c2ccc(S(=O)(=O)N3C[C@@H](C)C[C@H](C)C3)cc2)cc1C. The molecule has 0 saturated carbocycles. The lowest BCUT2D eigenvalue weighted by Gasteiger charge is -2.34. The summed E-state index contributed by atoms with van der Waals surface area (Å²) in [5, 5.41) is 0.